The number of anilines is 2. The van der Waals surface area contributed by atoms with E-state index >= 15 is 0 Å². The van der Waals surface area contributed by atoms with Gasteiger partial charge in [-0.25, -0.2) is 4.52 Å². The zero-order valence-corrected chi connectivity index (χ0v) is 14.2. The summed E-state index contributed by atoms with van der Waals surface area (Å²) in [6.45, 7) is 3.61. The molecule has 132 valence electrons. The number of halogens is 4. The van der Waals surface area contributed by atoms with Gasteiger partial charge in [-0.05, 0) is 60.8 Å². The maximum Gasteiger partial charge on any atom is 0.416 e. The van der Waals surface area contributed by atoms with E-state index in [4.69, 9.17) is 17.3 Å². The van der Waals surface area contributed by atoms with Crippen LogP contribution in [0.3, 0.4) is 0 Å². The predicted molar refractivity (Wildman–Crippen MR) is 90.6 cm³/mol. The Hall–Kier alpha value is -2.48. The molecule has 5 nitrogen and oxygen atoms in total. The van der Waals surface area contributed by atoms with Crippen LogP contribution in [0.25, 0.3) is 5.52 Å². The van der Waals surface area contributed by atoms with Gasteiger partial charge in [-0.2, -0.15) is 18.2 Å². The standard InChI is InChI=1S/C16H15ClF3N5/c1-8-3-13-14(23-15(17)24-25(13)7-8)22-9(2)10-4-11(16(18,19)20)6-12(21)5-10/h3-7,9H,21H2,1-2H3,(H,22,23,24)/t9-/m1/s1. The highest BCUT2D eigenvalue weighted by Crippen LogP contribution is 2.33. The van der Waals surface area contributed by atoms with Crippen molar-refractivity contribution in [2.24, 2.45) is 0 Å². The molecule has 25 heavy (non-hydrogen) atoms. The van der Waals surface area contributed by atoms with E-state index < -0.39 is 17.8 Å². The molecule has 3 N–H and O–H groups in total. The molecule has 0 amide bonds. The van der Waals surface area contributed by atoms with Gasteiger partial charge in [-0.3, -0.25) is 0 Å². The van der Waals surface area contributed by atoms with Crippen molar-refractivity contribution in [3.05, 3.63) is 52.4 Å². The summed E-state index contributed by atoms with van der Waals surface area (Å²) in [6.07, 6.45) is -2.69. The second-order valence-corrected chi connectivity index (χ2v) is 6.17. The second kappa shape index (κ2) is 6.11. The van der Waals surface area contributed by atoms with Crippen molar-refractivity contribution in [1.82, 2.24) is 14.6 Å². The number of nitrogens with two attached hydrogens (primary N) is 1. The van der Waals surface area contributed by atoms with Crippen LogP contribution in [0.2, 0.25) is 5.28 Å². The number of hydrogen-bond acceptors (Lipinski definition) is 4. The molecule has 0 saturated heterocycles. The summed E-state index contributed by atoms with van der Waals surface area (Å²) in [5.41, 5.74) is 6.90. The molecule has 3 aromatic rings. The molecule has 0 fully saturated rings. The summed E-state index contributed by atoms with van der Waals surface area (Å²) in [5.74, 6) is 0.427. The Bertz CT molecular complexity index is 935. The van der Waals surface area contributed by atoms with Gasteiger partial charge in [0.1, 0.15) is 5.52 Å². The zero-order valence-electron chi connectivity index (χ0n) is 13.4. The number of fused-ring (bicyclic) bond motifs is 1. The Labute approximate surface area is 146 Å². The first kappa shape index (κ1) is 17.3. The van der Waals surface area contributed by atoms with E-state index in [1.54, 1.807) is 17.6 Å². The lowest BCUT2D eigenvalue weighted by Crippen LogP contribution is -2.13. The molecule has 0 bridgehead atoms. The van der Waals surface area contributed by atoms with Crippen molar-refractivity contribution < 1.29 is 13.2 Å². The van der Waals surface area contributed by atoms with Crippen LogP contribution in [0.1, 0.15) is 29.7 Å². The summed E-state index contributed by atoms with van der Waals surface area (Å²) in [5, 5.41) is 7.17. The van der Waals surface area contributed by atoms with E-state index in [1.165, 1.54) is 6.07 Å². The molecule has 9 heteroatoms. The summed E-state index contributed by atoms with van der Waals surface area (Å²) in [4.78, 5) is 4.14. The van der Waals surface area contributed by atoms with Crippen LogP contribution in [-0.4, -0.2) is 14.6 Å². The van der Waals surface area contributed by atoms with Crippen molar-refractivity contribution in [1.29, 1.82) is 0 Å². The van der Waals surface area contributed by atoms with Crippen molar-refractivity contribution in [2.45, 2.75) is 26.1 Å². The minimum atomic E-state index is -4.46. The Balaban J connectivity index is 1.98. The van der Waals surface area contributed by atoms with E-state index in [0.717, 1.165) is 17.7 Å². The molecular formula is C16H15ClF3N5. The van der Waals surface area contributed by atoms with Crippen LogP contribution in [0, 0.1) is 6.92 Å². The van der Waals surface area contributed by atoms with Gasteiger partial charge in [0.15, 0.2) is 5.82 Å². The van der Waals surface area contributed by atoms with Gasteiger partial charge in [0.25, 0.3) is 0 Å². The average molecular weight is 370 g/mol. The molecule has 0 saturated carbocycles. The predicted octanol–water partition coefficient (Wildman–Crippen LogP) is 4.47. The first-order chi connectivity index (χ1) is 11.6. The number of nitrogen functional groups attached to an aromatic ring is 1. The smallest absolute Gasteiger partial charge is 0.399 e. The number of aryl methyl sites for hydroxylation is 1. The van der Waals surface area contributed by atoms with Crippen LogP contribution in [0.5, 0.6) is 0 Å². The summed E-state index contributed by atoms with van der Waals surface area (Å²) >= 11 is 5.92. The topological polar surface area (TPSA) is 68.2 Å². The molecule has 1 aromatic carbocycles. The van der Waals surface area contributed by atoms with E-state index in [1.807, 2.05) is 13.0 Å². The van der Waals surface area contributed by atoms with Crippen LogP contribution in [0.4, 0.5) is 24.7 Å². The number of aromatic nitrogens is 3. The molecule has 0 spiro atoms. The van der Waals surface area contributed by atoms with E-state index in [0.29, 0.717) is 16.9 Å². The number of benzene rings is 1. The van der Waals surface area contributed by atoms with E-state index in [9.17, 15) is 13.2 Å². The quantitative estimate of drug-likeness (QED) is 0.668. The van der Waals surface area contributed by atoms with E-state index in [-0.39, 0.29) is 11.0 Å². The third-order valence-corrected chi connectivity index (χ3v) is 3.89. The highest BCUT2D eigenvalue weighted by Gasteiger charge is 2.31. The largest absolute Gasteiger partial charge is 0.416 e. The zero-order chi connectivity index (χ0) is 18.4. The number of nitrogens with one attached hydrogen (secondary N) is 1. The van der Waals surface area contributed by atoms with E-state index in [2.05, 4.69) is 15.4 Å². The minimum Gasteiger partial charge on any atom is -0.399 e. The average Bonchev–Trinajstić information content (AvgIpc) is 2.86. The molecule has 0 aliphatic heterocycles. The number of rotatable bonds is 3. The van der Waals surface area contributed by atoms with Gasteiger partial charge >= 0.3 is 6.18 Å². The summed E-state index contributed by atoms with van der Waals surface area (Å²) in [7, 11) is 0. The molecule has 1 atom stereocenters. The maximum absolute atomic E-state index is 13.0. The van der Waals surface area contributed by atoms with Crippen LogP contribution >= 0.6 is 11.6 Å². The lowest BCUT2D eigenvalue weighted by Gasteiger charge is -2.18. The van der Waals surface area contributed by atoms with Gasteiger partial charge < -0.3 is 11.1 Å². The Morgan fingerprint density at radius 2 is 1.96 bits per heavy atom. The van der Waals surface area contributed by atoms with Gasteiger partial charge in [0.05, 0.1) is 11.6 Å². The van der Waals surface area contributed by atoms with Crippen LogP contribution < -0.4 is 11.1 Å². The number of hydrogen-bond donors (Lipinski definition) is 2. The fourth-order valence-corrected chi connectivity index (χ4v) is 2.75. The lowest BCUT2D eigenvalue weighted by molar-refractivity contribution is -0.137. The maximum atomic E-state index is 13.0. The molecule has 3 rings (SSSR count). The molecular weight excluding hydrogens is 355 g/mol. The van der Waals surface area contributed by atoms with Crippen molar-refractivity contribution in [2.75, 3.05) is 11.1 Å². The summed E-state index contributed by atoms with van der Waals surface area (Å²) in [6, 6.07) is 4.85. The van der Waals surface area contributed by atoms with Gasteiger partial charge in [-0.15, -0.1) is 5.10 Å². The molecule has 0 aliphatic carbocycles. The first-order valence-corrected chi connectivity index (χ1v) is 7.78. The van der Waals surface area contributed by atoms with Gasteiger partial charge in [0, 0.05) is 11.9 Å². The fraction of sp³-hybridized carbons (Fsp3) is 0.250. The fourth-order valence-electron chi connectivity index (χ4n) is 2.59. The monoisotopic (exact) mass is 369 g/mol. The third-order valence-electron chi connectivity index (χ3n) is 3.73. The lowest BCUT2D eigenvalue weighted by atomic mass is 10.0. The molecule has 0 aliphatic rings. The molecule has 0 unspecified atom stereocenters. The second-order valence-electron chi connectivity index (χ2n) is 5.83. The van der Waals surface area contributed by atoms with Crippen LogP contribution in [-0.2, 0) is 6.18 Å². The highest BCUT2D eigenvalue weighted by atomic mass is 35.5. The number of alkyl halides is 3. The summed E-state index contributed by atoms with van der Waals surface area (Å²) < 4.78 is 40.5. The highest BCUT2D eigenvalue weighted by molar-refractivity contribution is 6.28. The third kappa shape index (κ3) is 3.63. The van der Waals surface area contributed by atoms with Crippen LogP contribution in [0.15, 0.2) is 30.5 Å². The van der Waals surface area contributed by atoms with Gasteiger partial charge in [0.2, 0.25) is 5.28 Å². The number of nitrogens with zero attached hydrogens (tertiary/aromatic N) is 3. The molecule has 2 heterocycles. The van der Waals surface area contributed by atoms with Gasteiger partial charge in [-0.1, -0.05) is 0 Å². The molecule has 0 radical (unpaired) electrons. The Morgan fingerprint density at radius 3 is 2.64 bits per heavy atom. The Morgan fingerprint density at radius 1 is 1.24 bits per heavy atom. The normalized spacial score (nSPS) is 13.2. The minimum absolute atomic E-state index is 0.0290. The van der Waals surface area contributed by atoms with Crippen molar-refractivity contribution in [3.63, 3.8) is 0 Å². The SMILES string of the molecule is Cc1cc2c(N[C@H](C)c3cc(N)cc(C(F)(F)F)c3)nc(Cl)nn2c1. The Kier molecular flexibility index (Phi) is 4.24. The van der Waals surface area contributed by atoms with Crippen molar-refractivity contribution >= 4 is 28.6 Å². The molecule has 2 aromatic heterocycles. The van der Waals surface area contributed by atoms with Crippen molar-refractivity contribution in [3.8, 4) is 0 Å². The first-order valence-electron chi connectivity index (χ1n) is 7.40.